The zero-order chi connectivity index (χ0) is 12.8. The highest BCUT2D eigenvalue weighted by Crippen LogP contribution is 2.21. The van der Waals surface area contributed by atoms with Gasteiger partial charge in [0, 0.05) is 30.0 Å². The summed E-state index contributed by atoms with van der Waals surface area (Å²) in [5.74, 6) is 0. The largest absolute Gasteiger partial charge is 0.381 e. The lowest BCUT2D eigenvalue weighted by atomic mass is 10.3. The molecule has 0 atom stereocenters. The van der Waals surface area contributed by atoms with Crippen LogP contribution in [0, 0.1) is 0 Å². The molecular weight excluding hydrogens is 296 g/mol. The number of hydrogen-bond acceptors (Lipinski definition) is 5. The van der Waals surface area contributed by atoms with E-state index in [-0.39, 0.29) is 0 Å². The fourth-order valence-corrected chi connectivity index (χ4v) is 1.91. The van der Waals surface area contributed by atoms with E-state index in [9.17, 15) is 0 Å². The molecule has 0 spiro atoms. The summed E-state index contributed by atoms with van der Waals surface area (Å²) in [5.41, 5.74) is 8.02. The van der Waals surface area contributed by atoms with Crippen molar-refractivity contribution in [2.45, 2.75) is 0 Å². The summed E-state index contributed by atoms with van der Waals surface area (Å²) in [5, 5.41) is 3.28. The maximum atomic E-state index is 5.34. The van der Waals surface area contributed by atoms with Crippen molar-refractivity contribution in [1.29, 1.82) is 0 Å². The van der Waals surface area contributed by atoms with E-state index < -0.39 is 0 Å². The van der Waals surface area contributed by atoms with E-state index in [1.165, 1.54) is 0 Å². The molecule has 2 aromatic heterocycles. The topological polar surface area (TPSA) is 73.1 Å². The number of halogens is 1. The molecule has 0 saturated heterocycles. The van der Waals surface area contributed by atoms with Crippen molar-refractivity contribution in [3.8, 4) is 0 Å². The molecule has 18 heavy (non-hydrogen) atoms. The van der Waals surface area contributed by atoms with Crippen LogP contribution in [0.25, 0.3) is 11.0 Å². The Labute approximate surface area is 114 Å². The van der Waals surface area contributed by atoms with Gasteiger partial charge in [0.05, 0.1) is 24.4 Å². The van der Waals surface area contributed by atoms with Gasteiger partial charge in [-0.15, -0.1) is 0 Å². The molecular formula is C12H15BrN4O. The first-order valence-corrected chi connectivity index (χ1v) is 6.52. The lowest BCUT2D eigenvalue weighted by Crippen LogP contribution is -2.14. The summed E-state index contributed by atoms with van der Waals surface area (Å²) in [6, 6.07) is 3.85. The molecule has 0 saturated carbocycles. The summed E-state index contributed by atoms with van der Waals surface area (Å²) >= 11 is 3.38. The molecule has 5 nitrogen and oxygen atoms in total. The van der Waals surface area contributed by atoms with E-state index in [1.54, 1.807) is 12.4 Å². The van der Waals surface area contributed by atoms with E-state index in [0.717, 1.165) is 27.7 Å². The highest BCUT2D eigenvalue weighted by Gasteiger charge is 2.03. The van der Waals surface area contributed by atoms with Crippen LogP contribution in [0.15, 0.2) is 29.0 Å². The SMILES string of the molecule is NCCOCCNc1ccnc2cc(Br)cnc12. The molecule has 2 aromatic rings. The number of rotatable bonds is 6. The number of nitrogens with one attached hydrogen (secondary N) is 1. The first kappa shape index (κ1) is 13.2. The number of nitrogens with two attached hydrogens (primary N) is 1. The number of fused-ring (bicyclic) bond motifs is 1. The monoisotopic (exact) mass is 310 g/mol. The van der Waals surface area contributed by atoms with Gasteiger partial charge in [-0.25, -0.2) is 0 Å². The highest BCUT2D eigenvalue weighted by molar-refractivity contribution is 9.10. The van der Waals surface area contributed by atoms with Crippen molar-refractivity contribution in [2.75, 3.05) is 31.6 Å². The Hall–Kier alpha value is -1.24. The Morgan fingerprint density at radius 2 is 2.22 bits per heavy atom. The van der Waals surface area contributed by atoms with Gasteiger partial charge in [0.15, 0.2) is 0 Å². The number of hydrogen-bond donors (Lipinski definition) is 2. The predicted octanol–water partition coefficient (Wildman–Crippen LogP) is 1.78. The second kappa shape index (κ2) is 6.63. The number of anilines is 1. The van der Waals surface area contributed by atoms with Crippen LogP contribution in [-0.2, 0) is 4.74 Å². The van der Waals surface area contributed by atoms with Crippen molar-refractivity contribution in [1.82, 2.24) is 9.97 Å². The average Bonchev–Trinajstić information content (AvgIpc) is 2.38. The molecule has 0 bridgehead atoms. The van der Waals surface area contributed by atoms with Gasteiger partial charge in [0.2, 0.25) is 0 Å². The van der Waals surface area contributed by atoms with Crippen LogP contribution in [0.5, 0.6) is 0 Å². The molecule has 0 unspecified atom stereocenters. The Kier molecular flexibility index (Phi) is 4.86. The fourth-order valence-electron chi connectivity index (χ4n) is 1.59. The lowest BCUT2D eigenvalue weighted by molar-refractivity contribution is 0.151. The van der Waals surface area contributed by atoms with E-state index in [0.29, 0.717) is 19.8 Å². The van der Waals surface area contributed by atoms with Crippen LogP contribution in [0.4, 0.5) is 5.69 Å². The molecule has 0 radical (unpaired) electrons. The second-order valence-electron chi connectivity index (χ2n) is 3.71. The third kappa shape index (κ3) is 3.38. The normalized spacial score (nSPS) is 10.8. The first-order valence-electron chi connectivity index (χ1n) is 5.73. The first-order chi connectivity index (χ1) is 8.81. The predicted molar refractivity (Wildman–Crippen MR) is 75.6 cm³/mol. The van der Waals surface area contributed by atoms with E-state index >= 15 is 0 Å². The second-order valence-corrected chi connectivity index (χ2v) is 4.62. The summed E-state index contributed by atoms with van der Waals surface area (Å²) in [4.78, 5) is 8.64. The number of pyridine rings is 2. The van der Waals surface area contributed by atoms with Gasteiger partial charge in [-0.05, 0) is 28.1 Å². The summed E-state index contributed by atoms with van der Waals surface area (Å²) in [6.07, 6.45) is 3.53. The third-order valence-electron chi connectivity index (χ3n) is 2.37. The van der Waals surface area contributed by atoms with E-state index in [1.807, 2.05) is 12.1 Å². The summed E-state index contributed by atoms with van der Waals surface area (Å²) < 4.78 is 6.23. The number of ether oxygens (including phenoxy) is 1. The fraction of sp³-hybridized carbons (Fsp3) is 0.333. The van der Waals surface area contributed by atoms with Crippen LogP contribution in [0.1, 0.15) is 0 Å². The zero-order valence-corrected chi connectivity index (χ0v) is 11.5. The van der Waals surface area contributed by atoms with Gasteiger partial charge in [-0.3, -0.25) is 9.97 Å². The minimum absolute atomic E-state index is 0.549. The van der Waals surface area contributed by atoms with Crippen molar-refractivity contribution in [3.05, 3.63) is 29.0 Å². The Morgan fingerprint density at radius 1 is 1.33 bits per heavy atom. The molecule has 2 rings (SSSR count). The summed E-state index contributed by atoms with van der Waals surface area (Å²) in [6.45, 7) is 2.48. The van der Waals surface area contributed by atoms with Crippen LogP contribution in [-0.4, -0.2) is 36.3 Å². The van der Waals surface area contributed by atoms with E-state index in [4.69, 9.17) is 10.5 Å². The van der Waals surface area contributed by atoms with Gasteiger partial charge in [0.1, 0.15) is 5.52 Å². The average molecular weight is 311 g/mol. The van der Waals surface area contributed by atoms with Crippen LogP contribution in [0.2, 0.25) is 0 Å². The van der Waals surface area contributed by atoms with Crippen molar-refractivity contribution in [2.24, 2.45) is 5.73 Å². The minimum Gasteiger partial charge on any atom is -0.381 e. The van der Waals surface area contributed by atoms with Crippen molar-refractivity contribution in [3.63, 3.8) is 0 Å². The minimum atomic E-state index is 0.549. The Balaban J connectivity index is 2.04. The molecule has 0 aliphatic rings. The molecule has 2 heterocycles. The van der Waals surface area contributed by atoms with Gasteiger partial charge >= 0.3 is 0 Å². The molecule has 0 aromatic carbocycles. The standard InChI is InChI=1S/C12H15BrN4O/c13-9-7-11-12(17-8-9)10(1-3-15-11)16-4-6-18-5-2-14/h1,3,7-8H,2,4-6,14H2,(H,15,16). The van der Waals surface area contributed by atoms with E-state index in [2.05, 4.69) is 31.2 Å². The molecule has 0 aliphatic carbocycles. The van der Waals surface area contributed by atoms with Gasteiger partial charge < -0.3 is 15.8 Å². The lowest BCUT2D eigenvalue weighted by Gasteiger charge is -2.09. The maximum absolute atomic E-state index is 5.34. The zero-order valence-electron chi connectivity index (χ0n) is 9.90. The van der Waals surface area contributed by atoms with Gasteiger partial charge in [0.25, 0.3) is 0 Å². The molecule has 0 aliphatic heterocycles. The Bertz CT molecular complexity index is 520. The van der Waals surface area contributed by atoms with Crippen molar-refractivity contribution >= 4 is 32.7 Å². The van der Waals surface area contributed by atoms with Gasteiger partial charge in [-0.2, -0.15) is 0 Å². The molecule has 0 amide bonds. The molecule has 6 heteroatoms. The maximum Gasteiger partial charge on any atom is 0.112 e. The van der Waals surface area contributed by atoms with Crippen LogP contribution >= 0.6 is 15.9 Å². The van der Waals surface area contributed by atoms with Gasteiger partial charge in [-0.1, -0.05) is 0 Å². The molecule has 0 fully saturated rings. The number of nitrogens with zero attached hydrogens (tertiary/aromatic N) is 2. The quantitative estimate of drug-likeness (QED) is 0.796. The number of aromatic nitrogens is 2. The van der Waals surface area contributed by atoms with Crippen LogP contribution < -0.4 is 11.1 Å². The van der Waals surface area contributed by atoms with Crippen molar-refractivity contribution < 1.29 is 4.74 Å². The third-order valence-corrected chi connectivity index (χ3v) is 2.80. The Morgan fingerprint density at radius 3 is 3.06 bits per heavy atom. The molecule has 96 valence electrons. The smallest absolute Gasteiger partial charge is 0.112 e. The summed E-state index contributed by atoms with van der Waals surface area (Å²) in [7, 11) is 0. The highest BCUT2D eigenvalue weighted by atomic mass is 79.9. The van der Waals surface area contributed by atoms with Crippen LogP contribution in [0.3, 0.4) is 0 Å². The molecule has 3 N–H and O–H groups in total.